The van der Waals surface area contributed by atoms with Gasteiger partial charge in [-0.3, -0.25) is 9.59 Å². The number of fused-ring (bicyclic) bond motifs is 1. The molecule has 1 atom stereocenters. The second-order valence-electron chi connectivity index (χ2n) is 5.79. The summed E-state index contributed by atoms with van der Waals surface area (Å²) in [6, 6.07) is 6.79. The van der Waals surface area contributed by atoms with Crippen LogP contribution in [0.3, 0.4) is 0 Å². The zero-order chi connectivity index (χ0) is 15.9. The predicted molar refractivity (Wildman–Crippen MR) is 83.6 cm³/mol. The molecule has 0 aliphatic carbocycles. The highest BCUT2D eigenvalue weighted by Gasteiger charge is 2.24. The van der Waals surface area contributed by atoms with Gasteiger partial charge in [0.25, 0.3) is 0 Å². The lowest BCUT2D eigenvalue weighted by molar-refractivity contribution is -0.141. The Morgan fingerprint density at radius 2 is 1.73 bits per heavy atom. The first-order valence-electron chi connectivity index (χ1n) is 7.74. The van der Waals surface area contributed by atoms with Gasteiger partial charge in [0.15, 0.2) is 11.5 Å². The van der Waals surface area contributed by atoms with Crippen LogP contribution in [0.1, 0.15) is 39.5 Å². The minimum absolute atomic E-state index is 0.178. The van der Waals surface area contributed by atoms with Crippen molar-refractivity contribution < 1.29 is 19.1 Å². The van der Waals surface area contributed by atoms with Crippen molar-refractivity contribution >= 4 is 11.9 Å². The molecule has 0 radical (unpaired) electrons. The van der Waals surface area contributed by atoms with Gasteiger partial charge in [0.05, 0.1) is 5.92 Å². The Kier molecular flexibility index (Phi) is 5.75. The van der Waals surface area contributed by atoms with Crippen molar-refractivity contribution in [1.29, 1.82) is 0 Å². The van der Waals surface area contributed by atoms with Crippen LogP contribution in [0.4, 0.5) is 0 Å². The predicted octanol–water partition coefficient (Wildman–Crippen LogP) is 3.90. The lowest BCUT2D eigenvalue weighted by Crippen LogP contribution is -2.25. The Morgan fingerprint density at radius 1 is 1.05 bits per heavy atom. The minimum Gasteiger partial charge on any atom is -0.423 e. The van der Waals surface area contributed by atoms with Gasteiger partial charge >= 0.3 is 11.9 Å². The van der Waals surface area contributed by atoms with E-state index in [4.69, 9.17) is 9.47 Å². The Hall–Kier alpha value is -2.10. The van der Waals surface area contributed by atoms with Crippen molar-refractivity contribution in [2.24, 2.45) is 11.8 Å². The highest BCUT2D eigenvalue weighted by atomic mass is 16.6. The van der Waals surface area contributed by atoms with Crippen LogP contribution in [0.2, 0.25) is 0 Å². The summed E-state index contributed by atoms with van der Waals surface area (Å²) < 4.78 is 10.8. The molecule has 1 aliphatic rings. The third-order valence-electron chi connectivity index (χ3n) is 3.70. The second-order valence-corrected chi connectivity index (χ2v) is 5.79. The van der Waals surface area contributed by atoms with Crippen LogP contribution in [0.5, 0.6) is 11.5 Å². The molecule has 0 N–H and O–H groups in total. The van der Waals surface area contributed by atoms with Gasteiger partial charge < -0.3 is 9.47 Å². The zero-order valence-corrected chi connectivity index (χ0v) is 13.1. The number of allylic oxidation sites excluding steroid dienone is 2. The maximum Gasteiger partial charge on any atom is 0.315 e. The molecule has 0 saturated heterocycles. The SMILES string of the molecule is CC(C)C1C/C=C\CCCC(=O)Oc2ccccc2OC1=O. The molecule has 0 saturated carbocycles. The lowest BCUT2D eigenvalue weighted by atomic mass is 9.92. The largest absolute Gasteiger partial charge is 0.423 e. The fourth-order valence-electron chi connectivity index (χ4n) is 2.34. The van der Waals surface area contributed by atoms with E-state index in [1.54, 1.807) is 24.3 Å². The molecular formula is C18H22O4. The molecule has 1 aromatic carbocycles. The minimum atomic E-state index is -0.309. The van der Waals surface area contributed by atoms with E-state index in [-0.39, 0.29) is 23.8 Å². The van der Waals surface area contributed by atoms with Crippen LogP contribution in [0.25, 0.3) is 0 Å². The van der Waals surface area contributed by atoms with E-state index in [1.807, 2.05) is 26.0 Å². The van der Waals surface area contributed by atoms with Crippen LogP contribution >= 0.6 is 0 Å². The lowest BCUT2D eigenvalue weighted by Gasteiger charge is -2.18. The fraction of sp³-hybridized carbons (Fsp3) is 0.444. The first-order chi connectivity index (χ1) is 10.6. The summed E-state index contributed by atoms with van der Waals surface area (Å²) in [5.74, 6) is -0.0259. The Labute approximate surface area is 131 Å². The third kappa shape index (κ3) is 4.45. The zero-order valence-electron chi connectivity index (χ0n) is 13.1. The summed E-state index contributed by atoms with van der Waals surface area (Å²) in [5, 5.41) is 0. The van der Waals surface area contributed by atoms with E-state index in [1.165, 1.54) is 0 Å². The number of carbonyl (C=O) groups is 2. The van der Waals surface area contributed by atoms with Crippen molar-refractivity contribution in [3.8, 4) is 11.5 Å². The van der Waals surface area contributed by atoms with Gasteiger partial charge in [-0.25, -0.2) is 0 Å². The summed E-state index contributed by atoms with van der Waals surface area (Å²) in [4.78, 5) is 24.2. The van der Waals surface area contributed by atoms with E-state index in [0.29, 0.717) is 24.3 Å². The van der Waals surface area contributed by atoms with Crippen LogP contribution in [0, 0.1) is 11.8 Å². The molecule has 0 aromatic heterocycles. The summed E-state index contributed by atoms with van der Waals surface area (Å²) in [5.41, 5.74) is 0. The van der Waals surface area contributed by atoms with Crippen LogP contribution in [-0.4, -0.2) is 11.9 Å². The molecule has 0 spiro atoms. The van der Waals surface area contributed by atoms with E-state index < -0.39 is 0 Å². The highest BCUT2D eigenvalue weighted by Crippen LogP contribution is 2.29. The Balaban J connectivity index is 2.27. The van der Waals surface area contributed by atoms with Gasteiger partial charge in [0, 0.05) is 6.42 Å². The molecule has 118 valence electrons. The summed E-state index contributed by atoms with van der Waals surface area (Å²) in [7, 11) is 0. The number of esters is 2. The van der Waals surface area contributed by atoms with Gasteiger partial charge in [0.2, 0.25) is 0 Å². The number of benzene rings is 1. The molecule has 4 nitrogen and oxygen atoms in total. The average Bonchev–Trinajstić information content (AvgIpc) is 2.48. The standard InChI is InChI=1S/C18H22O4/c1-13(2)14-9-5-3-4-6-12-17(19)21-15-10-7-8-11-16(15)22-18(14)20/h3,5,7-8,10-11,13-14H,4,6,9,12H2,1-2H3/b5-3-. The normalized spacial score (nSPS) is 21.7. The van der Waals surface area contributed by atoms with Crippen LogP contribution in [-0.2, 0) is 9.59 Å². The fourth-order valence-corrected chi connectivity index (χ4v) is 2.34. The van der Waals surface area contributed by atoms with Gasteiger partial charge in [-0.2, -0.15) is 0 Å². The van der Waals surface area contributed by atoms with Gasteiger partial charge in [-0.1, -0.05) is 38.1 Å². The van der Waals surface area contributed by atoms with Crippen LogP contribution < -0.4 is 9.47 Å². The number of hydrogen-bond acceptors (Lipinski definition) is 4. The number of rotatable bonds is 1. The molecule has 1 aliphatic heterocycles. The maximum atomic E-state index is 12.4. The van der Waals surface area contributed by atoms with Crippen molar-refractivity contribution in [2.45, 2.75) is 39.5 Å². The monoisotopic (exact) mass is 302 g/mol. The molecule has 1 heterocycles. The first-order valence-corrected chi connectivity index (χ1v) is 7.74. The van der Waals surface area contributed by atoms with E-state index >= 15 is 0 Å². The van der Waals surface area contributed by atoms with Crippen molar-refractivity contribution in [3.05, 3.63) is 36.4 Å². The van der Waals surface area contributed by atoms with Gasteiger partial charge in [-0.05, 0) is 37.3 Å². The number of hydrogen-bond donors (Lipinski definition) is 0. The molecular weight excluding hydrogens is 280 g/mol. The van der Waals surface area contributed by atoms with Gasteiger partial charge in [0.1, 0.15) is 0 Å². The van der Waals surface area contributed by atoms with Crippen molar-refractivity contribution in [3.63, 3.8) is 0 Å². The van der Waals surface area contributed by atoms with Crippen molar-refractivity contribution in [1.82, 2.24) is 0 Å². The maximum absolute atomic E-state index is 12.4. The number of carbonyl (C=O) groups excluding carboxylic acids is 2. The first kappa shape index (κ1) is 16.3. The average molecular weight is 302 g/mol. The third-order valence-corrected chi connectivity index (χ3v) is 3.70. The number of ether oxygens (including phenoxy) is 2. The molecule has 22 heavy (non-hydrogen) atoms. The Morgan fingerprint density at radius 3 is 2.41 bits per heavy atom. The van der Waals surface area contributed by atoms with Crippen LogP contribution in [0.15, 0.2) is 36.4 Å². The van der Waals surface area contributed by atoms with E-state index in [9.17, 15) is 9.59 Å². The quantitative estimate of drug-likeness (QED) is 0.448. The molecule has 1 unspecified atom stereocenters. The van der Waals surface area contributed by atoms with E-state index in [0.717, 1.165) is 12.8 Å². The summed E-state index contributed by atoms with van der Waals surface area (Å²) in [6.07, 6.45) is 6.55. The smallest absolute Gasteiger partial charge is 0.315 e. The van der Waals surface area contributed by atoms with E-state index in [2.05, 4.69) is 0 Å². The topological polar surface area (TPSA) is 52.6 Å². The Bertz CT molecular complexity index is 560. The number of para-hydroxylation sites is 2. The second kappa shape index (κ2) is 7.78. The molecule has 0 amide bonds. The highest BCUT2D eigenvalue weighted by molar-refractivity contribution is 5.78. The molecule has 4 heteroatoms. The molecule has 1 aromatic rings. The summed E-state index contributed by atoms with van der Waals surface area (Å²) >= 11 is 0. The summed E-state index contributed by atoms with van der Waals surface area (Å²) in [6.45, 7) is 4.01. The molecule has 0 bridgehead atoms. The van der Waals surface area contributed by atoms with Crippen molar-refractivity contribution in [2.75, 3.05) is 0 Å². The molecule has 0 fully saturated rings. The van der Waals surface area contributed by atoms with Gasteiger partial charge in [-0.15, -0.1) is 0 Å². The molecule has 2 rings (SSSR count).